The topological polar surface area (TPSA) is 219 Å². The van der Waals surface area contributed by atoms with Gasteiger partial charge in [-0.05, 0) is 57.2 Å². The van der Waals surface area contributed by atoms with Crippen LogP contribution >= 0.6 is 0 Å². The van der Waals surface area contributed by atoms with E-state index < -0.39 is 21.5 Å². The zero-order valence-electron chi connectivity index (χ0n) is 25.1. The first-order chi connectivity index (χ1) is 21.3. The third-order valence-electron chi connectivity index (χ3n) is 5.45. The van der Waals surface area contributed by atoms with E-state index in [-0.39, 0.29) is 22.9 Å². The van der Waals surface area contributed by atoms with Crippen LogP contribution in [0, 0.1) is 20.2 Å². The SMILES string of the molecule is CNc1ccc(Oc2ccnc(N)c2)cc1[N+](=O)[O-].CNc1ccc(Oc2ccnc(NC(=O)OC(C)(C)C)c2)cc1[N+](=O)[O-]. The predicted molar refractivity (Wildman–Crippen MR) is 168 cm³/mol. The molecule has 236 valence electrons. The lowest BCUT2D eigenvalue weighted by atomic mass is 10.2. The second kappa shape index (κ2) is 14.8. The molecular formula is C29H32N8O8. The van der Waals surface area contributed by atoms with Gasteiger partial charge in [-0.1, -0.05) is 0 Å². The number of hydrogen-bond donors (Lipinski definition) is 4. The molecule has 0 aliphatic carbocycles. The van der Waals surface area contributed by atoms with Crippen molar-refractivity contribution in [3.05, 3.63) is 93.3 Å². The van der Waals surface area contributed by atoms with Crippen LogP contribution in [0.1, 0.15) is 20.8 Å². The lowest BCUT2D eigenvalue weighted by molar-refractivity contribution is -0.384. The molecule has 0 aliphatic heterocycles. The number of nitro benzene ring substituents is 2. The van der Waals surface area contributed by atoms with Crippen LogP contribution in [-0.2, 0) is 4.74 Å². The number of pyridine rings is 2. The van der Waals surface area contributed by atoms with E-state index in [9.17, 15) is 25.0 Å². The first-order valence-corrected chi connectivity index (χ1v) is 13.2. The molecular weight excluding hydrogens is 588 g/mol. The molecule has 0 bridgehead atoms. The fourth-order valence-corrected chi connectivity index (χ4v) is 3.59. The molecule has 16 heteroatoms. The van der Waals surface area contributed by atoms with Gasteiger partial charge in [0.2, 0.25) is 0 Å². The molecule has 0 saturated heterocycles. The number of nitrogens with zero attached hydrogens (tertiary/aromatic N) is 4. The maximum atomic E-state index is 11.8. The van der Waals surface area contributed by atoms with Gasteiger partial charge in [-0.15, -0.1) is 0 Å². The van der Waals surface area contributed by atoms with Gasteiger partial charge in [0, 0.05) is 38.6 Å². The van der Waals surface area contributed by atoms with Crippen LogP contribution in [-0.4, -0.2) is 45.6 Å². The minimum absolute atomic E-state index is 0.0537. The predicted octanol–water partition coefficient (Wildman–Crippen LogP) is 6.58. The number of hydrogen-bond acceptors (Lipinski definition) is 13. The Morgan fingerprint density at radius 3 is 1.67 bits per heavy atom. The van der Waals surface area contributed by atoms with E-state index in [1.54, 1.807) is 71.3 Å². The Morgan fingerprint density at radius 2 is 1.22 bits per heavy atom. The molecule has 0 fully saturated rings. The lowest BCUT2D eigenvalue weighted by Crippen LogP contribution is -2.27. The van der Waals surface area contributed by atoms with Crippen LogP contribution in [0.15, 0.2) is 73.1 Å². The zero-order chi connectivity index (χ0) is 33.1. The quantitative estimate of drug-likeness (QED) is 0.115. The first-order valence-electron chi connectivity index (χ1n) is 13.2. The summed E-state index contributed by atoms with van der Waals surface area (Å²) in [6.07, 6.45) is 2.30. The highest BCUT2D eigenvalue weighted by atomic mass is 16.6. The molecule has 0 spiro atoms. The summed E-state index contributed by atoms with van der Waals surface area (Å²) in [5, 5.41) is 30.0. The molecule has 0 radical (unpaired) electrons. The van der Waals surface area contributed by atoms with Crippen molar-refractivity contribution in [3.8, 4) is 23.0 Å². The van der Waals surface area contributed by atoms with Gasteiger partial charge < -0.3 is 30.6 Å². The van der Waals surface area contributed by atoms with Gasteiger partial charge >= 0.3 is 6.09 Å². The number of ether oxygens (including phenoxy) is 3. The van der Waals surface area contributed by atoms with E-state index in [1.165, 1.54) is 36.7 Å². The van der Waals surface area contributed by atoms with E-state index in [0.717, 1.165) is 0 Å². The normalized spacial score (nSPS) is 10.4. The minimum Gasteiger partial charge on any atom is -0.457 e. The Morgan fingerprint density at radius 1 is 0.756 bits per heavy atom. The van der Waals surface area contributed by atoms with Crippen molar-refractivity contribution in [3.63, 3.8) is 0 Å². The highest BCUT2D eigenvalue weighted by molar-refractivity contribution is 5.83. The second-order valence-electron chi connectivity index (χ2n) is 10.00. The highest BCUT2D eigenvalue weighted by Crippen LogP contribution is 2.33. The van der Waals surface area contributed by atoms with Gasteiger partial charge in [-0.25, -0.2) is 14.8 Å². The number of carbonyl (C=O) groups is 1. The number of nitrogen functional groups attached to an aromatic ring is 1. The molecule has 1 amide bonds. The van der Waals surface area contributed by atoms with Crippen LogP contribution in [0.4, 0.5) is 39.2 Å². The van der Waals surface area contributed by atoms with E-state index in [0.29, 0.717) is 34.4 Å². The molecule has 5 N–H and O–H groups in total. The number of aromatic nitrogens is 2. The number of carbonyl (C=O) groups excluding carboxylic acids is 1. The molecule has 0 saturated carbocycles. The third-order valence-corrected chi connectivity index (χ3v) is 5.45. The Hall–Kier alpha value is -6.19. The van der Waals surface area contributed by atoms with Gasteiger partial charge in [-0.3, -0.25) is 25.5 Å². The smallest absolute Gasteiger partial charge is 0.413 e. The average molecular weight is 621 g/mol. The summed E-state index contributed by atoms with van der Waals surface area (Å²) >= 11 is 0. The minimum atomic E-state index is -0.642. The van der Waals surface area contributed by atoms with E-state index in [4.69, 9.17) is 19.9 Å². The maximum absolute atomic E-state index is 11.8. The van der Waals surface area contributed by atoms with Crippen LogP contribution in [0.3, 0.4) is 0 Å². The van der Waals surface area contributed by atoms with Gasteiger partial charge in [0.05, 0.1) is 22.0 Å². The summed E-state index contributed by atoms with van der Waals surface area (Å²) < 4.78 is 16.3. The summed E-state index contributed by atoms with van der Waals surface area (Å²) in [6.45, 7) is 5.25. The molecule has 2 aromatic heterocycles. The lowest BCUT2D eigenvalue weighted by Gasteiger charge is -2.19. The number of nitrogens with one attached hydrogen (secondary N) is 3. The molecule has 0 aliphatic rings. The van der Waals surface area contributed by atoms with Gasteiger partial charge in [0.25, 0.3) is 11.4 Å². The standard InChI is InChI=1S/C17H20N4O5.C12H12N4O3/c1-17(2,3)26-16(22)20-15-10-12(7-8-19-15)25-11-5-6-13(18-4)14(9-11)21(23)24;1-14-10-3-2-8(6-11(10)16(17)18)19-9-4-5-15-12(13)7-9/h5-10,18H,1-4H3,(H,19,20,22);2-7,14H,1H3,(H2,13,15). The summed E-state index contributed by atoms with van der Waals surface area (Å²) in [5.74, 6) is 2.02. The summed E-state index contributed by atoms with van der Waals surface area (Å²) in [5.41, 5.74) is 5.54. The maximum Gasteiger partial charge on any atom is 0.413 e. The fraction of sp³-hybridized carbons (Fsp3) is 0.207. The summed E-state index contributed by atoms with van der Waals surface area (Å²) in [7, 11) is 3.22. The van der Waals surface area contributed by atoms with Gasteiger partial charge in [0.1, 0.15) is 51.6 Å². The fourth-order valence-electron chi connectivity index (χ4n) is 3.59. The Balaban J connectivity index is 0.000000257. The molecule has 0 atom stereocenters. The second-order valence-corrected chi connectivity index (χ2v) is 10.00. The van der Waals surface area contributed by atoms with Gasteiger partial charge in [0.15, 0.2) is 0 Å². The Kier molecular flexibility index (Phi) is 11.0. The number of nitro groups is 2. The monoisotopic (exact) mass is 620 g/mol. The number of benzene rings is 2. The van der Waals surface area contributed by atoms with Crippen LogP contribution in [0.25, 0.3) is 0 Å². The van der Waals surface area contributed by atoms with Crippen LogP contribution in [0.5, 0.6) is 23.0 Å². The number of rotatable bonds is 9. The summed E-state index contributed by atoms with van der Waals surface area (Å²) in [6, 6.07) is 15.2. The Labute approximate surface area is 257 Å². The first kappa shape index (κ1) is 33.3. The summed E-state index contributed by atoms with van der Waals surface area (Å²) in [4.78, 5) is 40.7. The zero-order valence-corrected chi connectivity index (χ0v) is 25.1. The van der Waals surface area contributed by atoms with Crippen LogP contribution < -0.4 is 31.2 Å². The molecule has 4 aromatic rings. The van der Waals surface area contributed by atoms with E-state index in [1.807, 2.05) is 0 Å². The highest BCUT2D eigenvalue weighted by Gasteiger charge is 2.18. The average Bonchev–Trinajstić information content (AvgIpc) is 2.96. The number of anilines is 4. The molecule has 2 heterocycles. The van der Waals surface area contributed by atoms with Crippen molar-refractivity contribution in [1.29, 1.82) is 0 Å². The van der Waals surface area contributed by atoms with Crippen molar-refractivity contribution in [2.75, 3.05) is 35.8 Å². The van der Waals surface area contributed by atoms with Crippen molar-refractivity contribution in [2.24, 2.45) is 0 Å². The molecule has 45 heavy (non-hydrogen) atoms. The number of amides is 1. The van der Waals surface area contributed by atoms with E-state index >= 15 is 0 Å². The number of nitrogens with two attached hydrogens (primary N) is 1. The molecule has 4 rings (SSSR count). The molecule has 0 unspecified atom stereocenters. The van der Waals surface area contributed by atoms with Crippen molar-refractivity contribution in [2.45, 2.75) is 26.4 Å². The largest absolute Gasteiger partial charge is 0.457 e. The van der Waals surface area contributed by atoms with Gasteiger partial charge in [-0.2, -0.15) is 0 Å². The Bertz CT molecular complexity index is 1680. The van der Waals surface area contributed by atoms with Crippen molar-refractivity contribution < 1.29 is 28.9 Å². The van der Waals surface area contributed by atoms with E-state index in [2.05, 4.69) is 25.9 Å². The van der Waals surface area contributed by atoms with Crippen molar-refractivity contribution in [1.82, 2.24) is 9.97 Å². The third kappa shape index (κ3) is 10.2. The van der Waals surface area contributed by atoms with Crippen LogP contribution in [0.2, 0.25) is 0 Å². The molecule has 2 aromatic carbocycles. The van der Waals surface area contributed by atoms with Crippen molar-refractivity contribution >= 4 is 40.5 Å². The molecule has 16 nitrogen and oxygen atoms in total.